The molecule has 4 heteroatoms. The first kappa shape index (κ1) is 16.4. The minimum absolute atomic E-state index is 0.147. The lowest BCUT2D eigenvalue weighted by atomic mass is 10.00. The Kier molecular flexibility index (Phi) is 6.15. The summed E-state index contributed by atoms with van der Waals surface area (Å²) in [7, 11) is -0.944. The van der Waals surface area contributed by atoms with Gasteiger partial charge in [0.2, 0.25) is 0 Å². The van der Waals surface area contributed by atoms with Gasteiger partial charge in [-0.25, -0.2) is 0 Å². The first-order valence-electron chi connectivity index (χ1n) is 7.34. The molecule has 0 bridgehead atoms. The number of benzene rings is 1. The van der Waals surface area contributed by atoms with Crippen molar-refractivity contribution in [3.8, 4) is 0 Å². The van der Waals surface area contributed by atoms with Crippen molar-refractivity contribution >= 4 is 22.1 Å². The molecule has 1 aromatic heterocycles. The van der Waals surface area contributed by atoms with E-state index in [-0.39, 0.29) is 6.04 Å². The van der Waals surface area contributed by atoms with Gasteiger partial charge in [0.05, 0.1) is 15.0 Å². The Hall–Kier alpha value is -0.970. The van der Waals surface area contributed by atoms with Crippen molar-refractivity contribution in [2.75, 3.05) is 12.3 Å². The van der Waals surface area contributed by atoms with Crippen molar-refractivity contribution in [2.45, 2.75) is 37.4 Å². The molecule has 2 unspecified atom stereocenters. The second-order valence-electron chi connectivity index (χ2n) is 5.31. The number of hydrogen-bond donors (Lipinski definition) is 1. The van der Waals surface area contributed by atoms with Gasteiger partial charge in [0.1, 0.15) is 0 Å². The SMILES string of the molecule is CCCNC(CS(=O)c1cccs1)c1ccc(C)cc1C. The van der Waals surface area contributed by atoms with Crippen LogP contribution in [-0.4, -0.2) is 16.5 Å². The van der Waals surface area contributed by atoms with Gasteiger partial charge in [-0.3, -0.25) is 4.21 Å². The molecular weight excluding hydrogens is 298 g/mol. The van der Waals surface area contributed by atoms with Crippen LogP contribution in [0.15, 0.2) is 39.9 Å². The van der Waals surface area contributed by atoms with E-state index in [9.17, 15) is 4.21 Å². The maximum absolute atomic E-state index is 12.5. The molecule has 2 nitrogen and oxygen atoms in total. The van der Waals surface area contributed by atoms with E-state index in [1.807, 2.05) is 17.5 Å². The molecule has 0 aliphatic rings. The van der Waals surface area contributed by atoms with Crippen molar-refractivity contribution < 1.29 is 4.21 Å². The molecule has 21 heavy (non-hydrogen) atoms. The molecule has 1 N–H and O–H groups in total. The predicted molar refractivity (Wildman–Crippen MR) is 92.5 cm³/mol. The number of nitrogens with one attached hydrogen (secondary N) is 1. The van der Waals surface area contributed by atoms with Crippen LogP contribution in [0.5, 0.6) is 0 Å². The Bertz CT molecular complexity index is 593. The fourth-order valence-electron chi connectivity index (χ4n) is 2.42. The van der Waals surface area contributed by atoms with Crippen molar-refractivity contribution in [2.24, 2.45) is 0 Å². The van der Waals surface area contributed by atoms with E-state index in [4.69, 9.17) is 0 Å². The van der Waals surface area contributed by atoms with Crippen molar-refractivity contribution in [3.05, 3.63) is 52.4 Å². The number of rotatable bonds is 7. The molecule has 1 aromatic carbocycles. The van der Waals surface area contributed by atoms with E-state index >= 15 is 0 Å². The first-order chi connectivity index (χ1) is 10.1. The Labute approximate surface area is 134 Å². The molecular formula is C17H23NOS2. The van der Waals surface area contributed by atoms with Gasteiger partial charge in [-0.15, -0.1) is 11.3 Å². The second-order valence-corrected chi connectivity index (χ2v) is 7.98. The van der Waals surface area contributed by atoms with Gasteiger partial charge in [0, 0.05) is 11.8 Å². The highest BCUT2D eigenvalue weighted by molar-refractivity contribution is 7.87. The minimum atomic E-state index is -0.944. The molecule has 0 fully saturated rings. The van der Waals surface area contributed by atoms with Gasteiger partial charge in [-0.2, -0.15) is 0 Å². The smallest absolute Gasteiger partial charge is 0.0911 e. The zero-order valence-electron chi connectivity index (χ0n) is 12.9. The van der Waals surface area contributed by atoms with Crippen LogP contribution in [0.2, 0.25) is 0 Å². The molecule has 2 atom stereocenters. The lowest BCUT2D eigenvalue weighted by Gasteiger charge is -2.20. The topological polar surface area (TPSA) is 29.1 Å². The summed E-state index contributed by atoms with van der Waals surface area (Å²) in [6.45, 7) is 7.34. The highest BCUT2D eigenvalue weighted by Crippen LogP contribution is 2.23. The molecule has 0 amide bonds. The van der Waals surface area contributed by atoms with Gasteiger partial charge >= 0.3 is 0 Å². The predicted octanol–water partition coefficient (Wildman–Crippen LogP) is 4.21. The summed E-state index contributed by atoms with van der Waals surface area (Å²) in [5, 5.41) is 5.54. The first-order valence-corrected chi connectivity index (χ1v) is 9.54. The third kappa shape index (κ3) is 4.50. The summed E-state index contributed by atoms with van der Waals surface area (Å²) in [5.41, 5.74) is 3.80. The van der Waals surface area contributed by atoms with Crippen LogP contribution in [-0.2, 0) is 10.8 Å². The van der Waals surface area contributed by atoms with Gasteiger partial charge in [0.15, 0.2) is 0 Å². The highest BCUT2D eigenvalue weighted by Gasteiger charge is 2.18. The van der Waals surface area contributed by atoms with Crippen LogP contribution in [0, 0.1) is 13.8 Å². The summed E-state index contributed by atoms with van der Waals surface area (Å²) in [5.74, 6) is 0.629. The Balaban J connectivity index is 2.19. The molecule has 0 aliphatic carbocycles. The molecule has 0 spiro atoms. The van der Waals surface area contributed by atoms with Gasteiger partial charge in [-0.1, -0.05) is 36.8 Å². The maximum Gasteiger partial charge on any atom is 0.0911 e. The number of aryl methyl sites for hydroxylation is 2. The van der Waals surface area contributed by atoms with E-state index in [0.29, 0.717) is 5.75 Å². The van der Waals surface area contributed by atoms with Gasteiger partial charge < -0.3 is 5.32 Å². The van der Waals surface area contributed by atoms with Crippen molar-refractivity contribution in [1.29, 1.82) is 0 Å². The molecule has 1 heterocycles. The third-order valence-corrected chi connectivity index (χ3v) is 6.21. The van der Waals surface area contributed by atoms with E-state index in [1.165, 1.54) is 16.7 Å². The third-order valence-electron chi connectivity index (χ3n) is 3.48. The number of thiophene rings is 1. The van der Waals surface area contributed by atoms with E-state index in [0.717, 1.165) is 17.2 Å². The standard InChI is InChI=1S/C17H23NOS2/c1-4-9-18-16(12-21(19)17-6-5-10-20-17)15-8-7-13(2)11-14(15)3/h5-8,10-11,16,18H,4,9,12H2,1-3H3. The quantitative estimate of drug-likeness (QED) is 0.827. The largest absolute Gasteiger partial charge is 0.309 e. The van der Waals surface area contributed by atoms with Gasteiger partial charge in [-0.05, 0) is 49.4 Å². The summed E-state index contributed by atoms with van der Waals surface area (Å²) in [6.07, 6.45) is 1.08. The molecule has 0 saturated carbocycles. The van der Waals surface area contributed by atoms with Crippen LogP contribution in [0.1, 0.15) is 36.1 Å². The Morgan fingerprint density at radius 1 is 1.29 bits per heavy atom. The average Bonchev–Trinajstić information content (AvgIpc) is 2.98. The van der Waals surface area contributed by atoms with Crippen LogP contribution in [0.3, 0.4) is 0 Å². The molecule has 2 rings (SSSR count). The average molecular weight is 322 g/mol. The summed E-state index contributed by atoms with van der Waals surface area (Å²) < 4.78 is 13.5. The van der Waals surface area contributed by atoms with Crippen molar-refractivity contribution in [1.82, 2.24) is 5.32 Å². The summed E-state index contributed by atoms with van der Waals surface area (Å²) in [4.78, 5) is 0. The highest BCUT2D eigenvalue weighted by atomic mass is 32.2. The maximum atomic E-state index is 12.5. The fraction of sp³-hybridized carbons (Fsp3) is 0.412. The van der Waals surface area contributed by atoms with Crippen LogP contribution in [0.4, 0.5) is 0 Å². The summed E-state index contributed by atoms with van der Waals surface area (Å²) >= 11 is 1.57. The zero-order valence-corrected chi connectivity index (χ0v) is 14.5. The minimum Gasteiger partial charge on any atom is -0.309 e. The Morgan fingerprint density at radius 2 is 2.10 bits per heavy atom. The molecule has 2 aromatic rings. The fourth-order valence-corrected chi connectivity index (χ4v) is 4.66. The van der Waals surface area contributed by atoms with E-state index in [1.54, 1.807) is 11.3 Å². The molecule has 0 saturated heterocycles. The zero-order chi connectivity index (χ0) is 15.2. The van der Waals surface area contributed by atoms with Crippen LogP contribution >= 0.6 is 11.3 Å². The second kappa shape index (κ2) is 7.87. The van der Waals surface area contributed by atoms with E-state index in [2.05, 4.69) is 44.3 Å². The molecule has 0 radical (unpaired) electrons. The van der Waals surface area contributed by atoms with Crippen molar-refractivity contribution in [3.63, 3.8) is 0 Å². The lowest BCUT2D eigenvalue weighted by Crippen LogP contribution is -2.27. The Morgan fingerprint density at radius 3 is 2.71 bits per heavy atom. The van der Waals surface area contributed by atoms with Crippen LogP contribution in [0.25, 0.3) is 0 Å². The molecule has 0 aliphatic heterocycles. The van der Waals surface area contributed by atoms with E-state index < -0.39 is 10.8 Å². The van der Waals surface area contributed by atoms with Crippen LogP contribution < -0.4 is 5.32 Å². The molecule has 114 valence electrons. The summed E-state index contributed by atoms with van der Waals surface area (Å²) in [6, 6.07) is 10.6. The van der Waals surface area contributed by atoms with Gasteiger partial charge in [0.25, 0.3) is 0 Å². The number of hydrogen-bond acceptors (Lipinski definition) is 3. The normalized spacial score (nSPS) is 14.0. The lowest BCUT2D eigenvalue weighted by molar-refractivity contribution is 0.567. The monoisotopic (exact) mass is 321 g/mol.